The van der Waals surface area contributed by atoms with E-state index in [9.17, 15) is 0 Å². The summed E-state index contributed by atoms with van der Waals surface area (Å²) in [6, 6.07) is 8.03. The number of nitrogens with zero attached hydrogens (tertiary/aromatic N) is 2. The van der Waals surface area contributed by atoms with Crippen LogP contribution in [0.4, 0.5) is 11.5 Å². The van der Waals surface area contributed by atoms with E-state index in [1.807, 2.05) is 38.3 Å². The second-order valence-corrected chi connectivity index (χ2v) is 5.07. The van der Waals surface area contributed by atoms with Crippen LogP contribution in [0.1, 0.15) is 11.4 Å². The van der Waals surface area contributed by atoms with Gasteiger partial charge in [-0.1, -0.05) is 23.7 Å². The summed E-state index contributed by atoms with van der Waals surface area (Å²) in [7, 11) is 0. The average molecular weight is 280 g/mol. The second kappa shape index (κ2) is 5.59. The average Bonchev–Trinajstić information content (AvgIpc) is 2.36. The highest BCUT2D eigenvalue weighted by atomic mass is 35.5. The molecule has 0 aliphatic heterocycles. The lowest BCUT2D eigenvalue weighted by Crippen LogP contribution is -2.01. The summed E-state index contributed by atoms with van der Waals surface area (Å²) in [6.45, 7) is 3.82. The normalized spacial score (nSPS) is 10.4. The fourth-order valence-corrected chi connectivity index (χ4v) is 2.30. The number of hydrogen-bond acceptors (Lipinski definition) is 4. The largest absolute Gasteiger partial charge is 0.337 e. The lowest BCUT2D eigenvalue weighted by atomic mass is 10.3. The summed E-state index contributed by atoms with van der Waals surface area (Å²) in [6.07, 6.45) is 2.04. The van der Waals surface area contributed by atoms with Crippen molar-refractivity contribution in [2.24, 2.45) is 0 Å². The van der Waals surface area contributed by atoms with Crippen LogP contribution in [0, 0.1) is 13.8 Å². The van der Waals surface area contributed by atoms with Crippen molar-refractivity contribution in [1.29, 1.82) is 0 Å². The minimum Gasteiger partial charge on any atom is -0.337 e. The smallest absolute Gasteiger partial charge is 0.172 e. The molecule has 1 N–H and O–H groups in total. The molecule has 0 aliphatic carbocycles. The predicted octanol–water partition coefficient (Wildman–Crippen LogP) is 4.21. The van der Waals surface area contributed by atoms with Crippen LogP contribution in [0.15, 0.2) is 29.2 Å². The molecule has 1 aromatic carbocycles. The van der Waals surface area contributed by atoms with Gasteiger partial charge in [-0.15, -0.1) is 11.8 Å². The van der Waals surface area contributed by atoms with Crippen molar-refractivity contribution in [3.8, 4) is 0 Å². The zero-order chi connectivity index (χ0) is 13.1. The molecule has 0 amide bonds. The Labute approximate surface area is 116 Å². The summed E-state index contributed by atoms with van der Waals surface area (Å²) in [5.74, 6) is 0.598. The summed E-state index contributed by atoms with van der Waals surface area (Å²) in [4.78, 5) is 9.83. The molecule has 0 unspecified atom stereocenters. The van der Waals surface area contributed by atoms with Crippen LogP contribution in [-0.2, 0) is 0 Å². The maximum Gasteiger partial charge on any atom is 0.172 e. The van der Waals surface area contributed by atoms with Gasteiger partial charge in [-0.3, -0.25) is 0 Å². The summed E-state index contributed by atoms with van der Waals surface area (Å²) in [5, 5.41) is 3.63. The van der Waals surface area contributed by atoms with Gasteiger partial charge in [0.25, 0.3) is 0 Å². The zero-order valence-electron chi connectivity index (χ0n) is 10.5. The first-order chi connectivity index (χ1) is 8.61. The predicted molar refractivity (Wildman–Crippen MR) is 78.0 cm³/mol. The highest BCUT2D eigenvalue weighted by Gasteiger charge is 2.09. The number of thioether (sulfide) groups is 1. The van der Waals surface area contributed by atoms with Crippen LogP contribution >= 0.6 is 23.4 Å². The van der Waals surface area contributed by atoms with Crippen LogP contribution in [0.3, 0.4) is 0 Å². The van der Waals surface area contributed by atoms with Crippen molar-refractivity contribution >= 4 is 34.9 Å². The van der Waals surface area contributed by atoms with Crippen molar-refractivity contribution in [1.82, 2.24) is 9.97 Å². The maximum atomic E-state index is 6.10. The Morgan fingerprint density at radius 1 is 1.11 bits per heavy atom. The lowest BCUT2D eigenvalue weighted by molar-refractivity contribution is 1.05. The third-order valence-electron chi connectivity index (χ3n) is 2.62. The maximum absolute atomic E-state index is 6.10. The number of nitrogens with one attached hydrogen (secondary N) is 1. The molecular weight excluding hydrogens is 266 g/mol. The van der Waals surface area contributed by atoms with E-state index in [-0.39, 0.29) is 0 Å². The number of aryl methyl sites for hydroxylation is 2. The number of halogens is 1. The first kappa shape index (κ1) is 13.2. The standard InChI is InChI=1S/C13H14ClN3S/c1-8-9(2)16-13(12(14)15-8)17-10-6-4-5-7-11(10)18-3/h4-7H,1-3H3,(H,16,17). The van der Waals surface area contributed by atoms with Crippen LogP contribution < -0.4 is 5.32 Å². The zero-order valence-corrected chi connectivity index (χ0v) is 12.1. The minimum atomic E-state index is 0.397. The van der Waals surface area contributed by atoms with Crippen molar-refractivity contribution < 1.29 is 0 Å². The summed E-state index contributed by atoms with van der Waals surface area (Å²) < 4.78 is 0. The molecule has 0 bridgehead atoms. The number of hydrogen-bond donors (Lipinski definition) is 1. The van der Waals surface area contributed by atoms with Gasteiger partial charge < -0.3 is 5.32 Å². The number of rotatable bonds is 3. The number of benzene rings is 1. The molecule has 1 aromatic heterocycles. The SMILES string of the molecule is CSc1ccccc1Nc1nc(C)c(C)nc1Cl. The van der Waals surface area contributed by atoms with E-state index in [0.29, 0.717) is 11.0 Å². The molecule has 0 aliphatic rings. The van der Waals surface area contributed by atoms with Crippen LogP contribution in [-0.4, -0.2) is 16.2 Å². The summed E-state index contributed by atoms with van der Waals surface area (Å²) >= 11 is 7.78. The molecule has 0 atom stereocenters. The Kier molecular flexibility index (Phi) is 4.09. The van der Waals surface area contributed by atoms with E-state index in [1.54, 1.807) is 11.8 Å². The van der Waals surface area contributed by atoms with Gasteiger partial charge in [-0.2, -0.15) is 0 Å². The molecule has 0 spiro atoms. The van der Waals surface area contributed by atoms with Gasteiger partial charge in [0.1, 0.15) is 0 Å². The third-order valence-corrected chi connectivity index (χ3v) is 3.68. The summed E-state index contributed by atoms with van der Waals surface area (Å²) in [5.41, 5.74) is 2.72. The molecule has 18 heavy (non-hydrogen) atoms. The fourth-order valence-electron chi connectivity index (χ4n) is 1.53. The fraction of sp³-hybridized carbons (Fsp3) is 0.231. The van der Waals surface area contributed by atoms with Crippen molar-refractivity contribution in [3.63, 3.8) is 0 Å². The second-order valence-electron chi connectivity index (χ2n) is 3.86. The molecule has 0 fully saturated rings. The van der Waals surface area contributed by atoms with E-state index >= 15 is 0 Å². The quantitative estimate of drug-likeness (QED) is 0.854. The van der Waals surface area contributed by atoms with Gasteiger partial charge in [0.15, 0.2) is 11.0 Å². The lowest BCUT2D eigenvalue weighted by Gasteiger charge is -2.11. The van der Waals surface area contributed by atoms with Gasteiger partial charge >= 0.3 is 0 Å². The van der Waals surface area contributed by atoms with E-state index in [0.717, 1.165) is 22.0 Å². The molecule has 1 heterocycles. The first-order valence-corrected chi connectivity index (χ1v) is 7.13. The van der Waals surface area contributed by atoms with Gasteiger partial charge in [-0.05, 0) is 32.2 Å². The van der Waals surface area contributed by atoms with E-state index in [2.05, 4.69) is 21.4 Å². The van der Waals surface area contributed by atoms with Crippen LogP contribution in [0.25, 0.3) is 0 Å². The van der Waals surface area contributed by atoms with E-state index < -0.39 is 0 Å². The molecule has 0 saturated heterocycles. The van der Waals surface area contributed by atoms with E-state index in [1.165, 1.54) is 0 Å². The van der Waals surface area contributed by atoms with Crippen molar-refractivity contribution in [2.75, 3.05) is 11.6 Å². The monoisotopic (exact) mass is 279 g/mol. The Balaban J connectivity index is 2.37. The Morgan fingerprint density at radius 3 is 2.50 bits per heavy atom. The van der Waals surface area contributed by atoms with Crippen molar-refractivity contribution in [3.05, 3.63) is 40.8 Å². The van der Waals surface area contributed by atoms with E-state index in [4.69, 9.17) is 11.6 Å². The van der Waals surface area contributed by atoms with Gasteiger partial charge in [-0.25, -0.2) is 9.97 Å². The van der Waals surface area contributed by atoms with Gasteiger partial charge in [0, 0.05) is 4.90 Å². The molecule has 0 saturated carbocycles. The topological polar surface area (TPSA) is 37.8 Å². The molecule has 3 nitrogen and oxygen atoms in total. The van der Waals surface area contributed by atoms with Crippen molar-refractivity contribution in [2.45, 2.75) is 18.7 Å². The molecule has 0 radical (unpaired) electrons. The Bertz CT molecular complexity index is 572. The number of para-hydroxylation sites is 1. The number of anilines is 2. The van der Waals surface area contributed by atoms with Gasteiger partial charge in [0.05, 0.1) is 17.1 Å². The molecule has 2 rings (SSSR count). The molecule has 5 heteroatoms. The highest BCUT2D eigenvalue weighted by Crippen LogP contribution is 2.29. The third kappa shape index (κ3) is 2.76. The van der Waals surface area contributed by atoms with Crippen LogP contribution in [0.5, 0.6) is 0 Å². The molecule has 2 aromatic rings. The minimum absolute atomic E-state index is 0.397. The highest BCUT2D eigenvalue weighted by molar-refractivity contribution is 7.98. The Hall–Kier alpha value is -1.26. The van der Waals surface area contributed by atoms with Gasteiger partial charge in [0.2, 0.25) is 0 Å². The Morgan fingerprint density at radius 2 is 1.78 bits per heavy atom. The first-order valence-electron chi connectivity index (χ1n) is 5.52. The molecule has 94 valence electrons. The molecular formula is C13H14ClN3S. The number of aromatic nitrogens is 2. The van der Waals surface area contributed by atoms with Crippen LogP contribution in [0.2, 0.25) is 5.15 Å².